The third kappa shape index (κ3) is 7.05. The van der Waals surface area contributed by atoms with Crippen LogP contribution >= 0.6 is 8.58 Å². The number of carbonyl (C=O) groups excluding carboxylic acids is 1. The molecular weight excluding hydrogens is 362 g/mol. The van der Waals surface area contributed by atoms with Crippen LogP contribution in [0.25, 0.3) is 0 Å². The Balaban J connectivity index is 0.00000392. The van der Waals surface area contributed by atoms with Crippen molar-refractivity contribution in [3.05, 3.63) is 58.7 Å². The number of rotatable bonds is 8. The number of carbonyl (C=O) groups is 1. The molecule has 0 saturated heterocycles. The number of benzene rings is 2. The first-order valence-electron chi connectivity index (χ1n) is 9.46. The van der Waals surface area contributed by atoms with Gasteiger partial charge in [-0.05, 0) is 68.9 Å². The van der Waals surface area contributed by atoms with E-state index in [2.05, 4.69) is 32.9 Å². The molecule has 3 nitrogen and oxygen atoms in total. The Kier molecular flexibility index (Phi) is 9.95. The minimum absolute atomic E-state index is 0. The molecule has 0 bridgehead atoms. The predicted molar refractivity (Wildman–Crippen MR) is 122 cm³/mol. The molecule has 0 heterocycles. The van der Waals surface area contributed by atoms with E-state index in [0.29, 0.717) is 19.8 Å². The molecule has 0 N–H and O–H groups in total. The third-order valence-corrected chi connectivity index (χ3v) is 5.54. The molecule has 0 spiro atoms. The van der Waals surface area contributed by atoms with Gasteiger partial charge in [0.15, 0.2) is 5.52 Å². The molecule has 0 fully saturated rings. The van der Waals surface area contributed by atoms with Gasteiger partial charge in [-0.2, -0.15) is 0 Å². The molecule has 2 aromatic rings. The van der Waals surface area contributed by atoms with Gasteiger partial charge in [-0.3, -0.25) is 4.79 Å². The zero-order valence-corrected chi connectivity index (χ0v) is 18.3. The summed E-state index contributed by atoms with van der Waals surface area (Å²) in [7, 11) is 0.111. The van der Waals surface area contributed by atoms with Crippen LogP contribution in [0.15, 0.2) is 36.4 Å². The fourth-order valence-electron chi connectivity index (χ4n) is 2.95. The molecule has 1 unspecified atom stereocenters. The molecule has 0 aliphatic rings. The second-order valence-corrected chi connectivity index (χ2v) is 9.04. The first kappa shape index (κ1) is 24.9. The van der Waals surface area contributed by atoms with Crippen molar-refractivity contribution >= 4 is 38.3 Å². The standard InChI is InChI=1S/C23H31O3P.Li.H/c1-7-25-12-13-26-19-8-10-20(11-9-19)27-22(24)21-16(2)14-18(15-17(21)3)23(4,5)6;;/h8-11,14-15,27H,7,12-13H2,1-6H3;;. The van der Waals surface area contributed by atoms with E-state index < -0.39 is 0 Å². The molecule has 2 aromatic carbocycles. The summed E-state index contributed by atoms with van der Waals surface area (Å²) >= 11 is 0. The van der Waals surface area contributed by atoms with Crippen molar-refractivity contribution in [2.75, 3.05) is 19.8 Å². The van der Waals surface area contributed by atoms with E-state index in [1.54, 1.807) is 0 Å². The van der Waals surface area contributed by atoms with Gasteiger partial charge < -0.3 is 9.47 Å². The zero-order valence-electron chi connectivity index (χ0n) is 17.3. The van der Waals surface area contributed by atoms with Crippen molar-refractivity contribution < 1.29 is 14.3 Å². The van der Waals surface area contributed by atoms with E-state index >= 15 is 0 Å². The van der Waals surface area contributed by atoms with E-state index in [9.17, 15) is 4.79 Å². The van der Waals surface area contributed by atoms with Gasteiger partial charge in [-0.15, -0.1) is 0 Å². The molecule has 0 aromatic heterocycles. The van der Waals surface area contributed by atoms with Crippen LogP contribution in [-0.4, -0.2) is 44.2 Å². The number of aryl methyl sites for hydroxylation is 2. The van der Waals surface area contributed by atoms with Crippen LogP contribution in [0.4, 0.5) is 0 Å². The van der Waals surface area contributed by atoms with Gasteiger partial charge >= 0.3 is 18.9 Å². The Bertz CT molecular complexity index is 756. The third-order valence-electron chi connectivity index (χ3n) is 4.44. The van der Waals surface area contributed by atoms with Gasteiger partial charge in [-0.1, -0.05) is 45.0 Å². The quantitative estimate of drug-likeness (QED) is 0.375. The molecular formula is C23H32LiO3P. The van der Waals surface area contributed by atoms with Crippen molar-refractivity contribution in [1.29, 1.82) is 0 Å². The van der Waals surface area contributed by atoms with Gasteiger partial charge in [-0.25, -0.2) is 0 Å². The van der Waals surface area contributed by atoms with E-state index in [1.165, 1.54) is 5.56 Å². The number of hydrogen-bond acceptors (Lipinski definition) is 3. The fraction of sp³-hybridized carbons (Fsp3) is 0.435. The minimum atomic E-state index is 0. The molecule has 0 aliphatic carbocycles. The Morgan fingerprint density at radius 1 is 1.00 bits per heavy atom. The van der Waals surface area contributed by atoms with Crippen LogP contribution in [-0.2, 0) is 10.2 Å². The van der Waals surface area contributed by atoms with E-state index in [0.717, 1.165) is 27.7 Å². The second kappa shape index (κ2) is 11.2. The molecule has 0 aliphatic heterocycles. The van der Waals surface area contributed by atoms with Crippen LogP contribution in [0, 0.1) is 13.8 Å². The topological polar surface area (TPSA) is 35.5 Å². The Labute approximate surface area is 183 Å². The van der Waals surface area contributed by atoms with E-state index in [1.807, 2.05) is 45.0 Å². The van der Waals surface area contributed by atoms with E-state index in [-0.39, 0.29) is 38.4 Å². The Morgan fingerprint density at radius 2 is 1.57 bits per heavy atom. The second-order valence-electron chi connectivity index (χ2n) is 7.76. The summed E-state index contributed by atoms with van der Waals surface area (Å²) in [5.74, 6) is 0.803. The molecule has 28 heavy (non-hydrogen) atoms. The molecule has 1 atom stereocenters. The molecule has 0 amide bonds. The van der Waals surface area contributed by atoms with Crippen molar-refractivity contribution in [2.45, 2.75) is 47.0 Å². The molecule has 0 saturated carbocycles. The summed E-state index contributed by atoms with van der Waals surface area (Å²) < 4.78 is 10.9. The van der Waals surface area contributed by atoms with Gasteiger partial charge in [0.1, 0.15) is 12.4 Å². The first-order chi connectivity index (χ1) is 12.7. The molecule has 5 heteroatoms. The number of hydrogen-bond donors (Lipinski definition) is 0. The predicted octanol–water partition coefficient (Wildman–Crippen LogP) is 4.51. The van der Waals surface area contributed by atoms with Crippen molar-refractivity contribution in [3.63, 3.8) is 0 Å². The average molecular weight is 394 g/mol. The normalized spacial score (nSPS) is 11.5. The monoisotopic (exact) mass is 394 g/mol. The van der Waals surface area contributed by atoms with Crippen LogP contribution in [0.1, 0.15) is 54.7 Å². The number of ether oxygens (including phenoxy) is 2. The average Bonchev–Trinajstić information content (AvgIpc) is 2.58. The molecule has 0 radical (unpaired) electrons. The molecule has 148 valence electrons. The van der Waals surface area contributed by atoms with Gasteiger partial charge in [0.05, 0.1) is 6.61 Å². The molecule has 2 rings (SSSR count). The van der Waals surface area contributed by atoms with Crippen LogP contribution in [0.2, 0.25) is 0 Å². The maximum absolute atomic E-state index is 12.9. The zero-order chi connectivity index (χ0) is 20.0. The summed E-state index contributed by atoms with van der Waals surface area (Å²) in [6.07, 6.45) is 0. The summed E-state index contributed by atoms with van der Waals surface area (Å²) in [5.41, 5.74) is 4.53. The Hall–Kier alpha value is -1.10. The van der Waals surface area contributed by atoms with Crippen LogP contribution in [0.3, 0.4) is 0 Å². The summed E-state index contributed by atoms with van der Waals surface area (Å²) in [6.45, 7) is 14.4. The Morgan fingerprint density at radius 3 is 2.07 bits per heavy atom. The van der Waals surface area contributed by atoms with Gasteiger partial charge in [0.2, 0.25) is 0 Å². The van der Waals surface area contributed by atoms with Gasteiger partial charge in [0.25, 0.3) is 0 Å². The van der Waals surface area contributed by atoms with E-state index in [4.69, 9.17) is 9.47 Å². The van der Waals surface area contributed by atoms with Crippen molar-refractivity contribution in [2.24, 2.45) is 0 Å². The summed E-state index contributed by atoms with van der Waals surface area (Å²) in [5, 5.41) is 1.02. The van der Waals surface area contributed by atoms with Crippen molar-refractivity contribution in [1.82, 2.24) is 0 Å². The fourth-order valence-corrected chi connectivity index (χ4v) is 4.06. The maximum atomic E-state index is 12.9. The van der Waals surface area contributed by atoms with Crippen molar-refractivity contribution in [3.8, 4) is 5.75 Å². The summed E-state index contributed by atoms with van der Waals surface area (Å²) in [6, 6.07) is 12.1. The van der Waals surface area contributed by atoms with Gasteiger partial charge in [0, 0.05) is 12.2 Å². The van der Waals surface area contributed by atoms with Crippen LogP contribution in [0.5, 0.6) is 5.75 Å². The summed E-state index contributed by atoms with van der Waals surface area (Å²) in [4.78, 5) is 12.9. The SMILES string of the molecule is CCOCCOc1ccc(PC(=O)c2c(C)cc(C(C)(C)C)cc2C)cc1.[LiH]. The van der Waals surface area contributed by atoms with Crippen LogP contribution < -0.4 is 10.0 Å². The first-order valence-corrected chi connectivity index (χ1v) is 10.5.